The van der Waals surface area contributed by atoms with Gasteiger partial charge in [0.2, 0.25) is 0 Å². The van der Waals surface area contributed by atoms with Crippen LogP contribution >= 0.6 is 0 Å². The fraction of sp³-hybridized carbons (Fsp3) is 1.00. The maximum absolute atomic E-state index is 9.82. The molecule has 4 atom stereocenters. The van der Waals surface area contributed by atoms with Gasteiger partial charge in [0.15, 0.2) is 0 Å². The van der Waals surface area contributed by atoms with E-state index in [4.69, 9.17) is 0 Å². The summed E-state index contributed by atoms with van der Waals surface area (Å²) in [6, 6.07) is 0. The van der Waals surface area contributed by atoms with Gasteiger partial charge in [-0.1, -0.05) is 13.8 Å². The maximum Gasteiger partial charge on any atom is 0.0880 e. The predicted octanol–water partition coefficient (Wildman–Crippen LogP) is 1.16. The van der Waals surface area contributed by atoms with Gasteiger partial charge in [0.25, 0.3) is 0 Å². The molecular weight excluding hydrogens is 152 g/mol. The van der Waals surface area contributed by atoms with E-state index in [0.717, 1.165) is 12.8 Å². The highest BCUT2D eigenvalue weighted by molar-refractivity contribution is 5.12. The van der Waals surface area contributed by atoms with Gasteiger partial charge in [-0.2, -0.15) is 0 Å². The fourth-order valence-corrected chi connectivity index (χ4v) is 2.81. The van der Waals surface area contributed by atoms with Gasteiger partial charge < -0.3 is 10.2 Å². The molecular formula is C10H18O2. The molecule has 0 heterocycles. The molecule has 2 aliphatic rings. The van der Waals surface area contributed by atoms with Gasteiger partial charge in [-0.3, -0.25) is 0 Å². The number of hydrogen-bond donors (Lipinski definition) is 2. The minimum atomic E-state index is -0.838. The molecule has 0 spiro atoms. The Kier molecular flexibility index (Phi) is 1.45. The van der Waals surface area contributed by atoms with Gasteiger partial charge in [-0.25, -0.2) is 0 Å². The Morgan fingerprint density at radius 2 is 1.75 bits per heavy atom. The normalized spacial score (nSPS) is 56.2. The molecule has 0 aromatic heterocycles. The van der Waals surface area contributed by atoms with Crippen LogP contribution in [-0.4, -0.2) is 21.9 Å². The summed E-state index contributed by atoms with van der Waals surface area (Å²) in [6.07, 6.45) is 1.04. The lowest BCUT2D eigenvalue weighted by molar-refractivity contribution is -0.0892. The van der Waals surface area contributed by atoms with E-state index in [2.05, 4.69) is 13.8 Å². The van der Waals surface area contributed by atoms with Gasteiger partial charge in [-0.05, 0) is 37.0 Å². The van der Waals surface area contributed by atoms with Crippen molar-refractivity contribution in [1.82, 2.24) is 0 Å². The molecule has 2 aliphatic carbocycles. The molecule has 2 fully saturated rings. The maximum atomic E-state index is 9.82. The summed E-state index contributed by atoms with van der Waals surface area (Å²) in [5.41, 5.74) is -0.476. The first-order valence-corrected chi connectivity index (χ1v) is 4.76. The number of aliphatic hydroxyl groups is 2. The molecule has 0 aromatic rings. The molecule has 12 heavy (non-hydrogen) atoms. The Morgan fingerprint density at radius 1 is 1.17 bits per heavy atom. The van der Waals surface area contributed by atoms with E-state index >= 15 is 0 Å². The first-order valence-electron chi connectivity index (χ1n) is 4.76. The monoisotopic (exact) mass is 170 g/mol. The lowest BCUT2D eigenvalue weighted by Crippen LogP contribution is -2.42. The van der Waals surface area contributed by atoms with Gasteiger partial charge in [-0.15, -0.1) is 0 Å². The summed E-state index contributed by atoms with van der Waals surface area (Å²) in [6.45, 7) is 6.22. The smallest absolute Gasteiger partial charge is 0.0880 e. The second-order valence-corrected chi connectivity index (χ2v) is 5.35. The van der Waals surface area contributed by atoms with E-state index in [1.807, 2.05) is 0 Å². The Morgan fingerprint density at radius 3 is 2.25 bits per heavy atom. The first-order chi connectivity index (χ1) is 5.36. The van der Waals surface area contributed by atoms with Crippen LogP contribution < -0.4 is 0 Å². The molecule has 70 valence electrons. The molecule has 0 aromatic carbocycles. The van der Waals surface area contributed by atoms with E-state index in [-0.39, 0.29) is 0 Å². The van der Waals surface area contributed by atoms with Gasteiger partial charge in [0, 0.05) is 0 Å². The van der Waals surface area contributed by atoms with Crippen molar-refractivity contribution in [3.63, 3.8) is 0 Å². The molecule has 2 heteroatoms. The largest absolute Gasteiger partial charge is 0.390 e. The highest BCUT2D eigenvalue weighted by atomic mass is 16.3. The van der Waals surface area contributed by atoms with E-state index in [0.29, 0.717) is 17.3 Å². The van der Waals surface area contributed by atoms with Crippen LogP contribution in [0.25, 0.3) is 0 Å². The van der Waals surface area contributed by atoms with Crippen molar-refractivity contribution in [3.05, 3.63) is 0 Å². The Balaban J connectivity index is 2.14. The SMILES string of the molecule is CC1(C)C2C[C@](C)(O)[C@@H](O)C[C@H]21. The first kappa shape index (κ1) is 8.52. The second-order valence-electron chi connectivity index (χ2n) is 5.35. The van der Waals surface area contributed by atoms with E-state index in [1.54, 1.807) is 6.92 Å². The van der Waals surface area contributed by atoms with Crippen LogP contribution in [0.15, 0.2) is 0 Å². The van der Waals surface area contributed by atoms with Crippen LogP contribution in [0.2, 0.25) is 0 Å². The third-order valence-corrected chi connectivity index (χ3v) is 4.12. The summed E-state index contributed by atoms with van der Waals surface area (Å²) >= 11 is 0. The topological polar surface area (TPSA) is 40.5 Å². The predicted molar refractivity (Wildman–Crippen MR) is 46.6 cm³/mol. The molecule has 0 amide bonds. The van der Waals surface area contributed by atoms with Crippen LogP contribution in [0.5, 0.6) is 0 Å². The third-order valence-electron chi connectivity index (χ3n) is 4.12. The standard InChI is InChI=1S/C10H18O2/c1-9(2)6-4-8(11)10(3,12)5-7(6)9/h6-8,11-12H,4-5H2,1-3H3/t6-,7?,8+,10+/m1/s1. The van der Waals surface area contributed by atoms with Crippen LogP contribution in [0.3, 0.4) is 0 Å². The Hall–Kier alpha value is -0.0800. The lowest BCUT2D eigenvalue weighted by Gasteiger charge is -2.32. The molecule has 0 aliphatic heterocycles. The third kappa shape index (κ3) is 0.944. The highest BCUT2D eigenvalue weighted by Gasteiger charge is 2.63. The van der Waals surface area contributed by atoms with Gasteiger partial charge in [0.1, 0.15) is 0 Å². The average molecular weight is 170 g/mol. The quantitative estimate of drug-likeness (QED) is 0.573. The fourth-order valence-electron chi connectivity index (χ4n) is 2.81. The van der Waals surface area contributed by atoms with Gasteiger partial charge >= 0.3 is 0 Å². The molecule has 2 nitrogen and oxygen atoms in total. The number of rotatable bonds is 0. The molecule has 0 bridgehead atoms. The molecule has 0 radical (unpaired) electrons. The lowest BCUT2D eigenvalue weighted by atomic mass is 9.84. The van der Waals surface area contributed by atoms with Crippen molar-refractivity contribution in [2.24, 2.45) is 17.3 Å². The zero-order chi connectivity index (χ0) is 9.15. The van der Waals surface area contributed by atoms with Crippen molar-refractivity contribution < 1.29 is 10.2 Å². The summed E-state index contributed by atoms with van der Waals surface area (Å²) in [5, 5.41) is 19.4. The minimum Gasteiger partial charge on any atom is -0.390 e. The van der Waals surface area contributed by atoms with Crippen molar-refractivity contribution >= 4 is 0 Å². The molecule has 0 saturated heterocycles. The minimum absolute atomic E-state index is 0.363. The number of hydrogen-bond acceptors (Lipinski definition) is 2. The Labute approximate surface area is 73.6 Å². The number of aliphatic hydroxyl groups excluding tert-OH is 1. The molecule has 1 unspecified atom stereocenters. The molecule has 2 saturated carbocycles. The van der Waals surface area contributed by atoms with Crippen molar-refractivity contribution in [2.75, 3.05) is 0 Å². The van der Waals surface area contributed by atoms with Crippen LogP contribution in [0.1, 0.15) is 33.6 Å². The van der Waals surface area contributed by atoms with Crippen molar-refractivity contribution in [2.45, 2.75) is 45.3 Å². The number of fused-ring (bicyclic) bond motifs is 1. The van der Waals surface area contributed by atoms with E-state index in [9.17, 15) is 10.2 Å². The second kappa shape index (κ2) is 2.05. The van der Waals surface area contributed by atoms with Crippen molar-refractivity contribution in [3.8, 4) is 0 Å². The molecule has 2 N–H and O–H groups in total. The zero-order valence-electron chi connectivity index (χ0n) is 8.04. The summed E-state index contributed by atoms with van der Waals surface area (Å²) in [5.74, 6) is 1.28. The summed E-state index contributed by atoms with van der Waals surface area (Å²) in [4.78, 5) is 0. The summed E-state index contributed by atoms with van der Waals surface area (Å²) in [7, 11) is 0. The average Bonchev–Trinajstić information content (AvgIpc) is 2.37. The van der Waals surface area contributed by atoms with Gasteiger partial charge in [0.05, 0.1) is 11.7 Å². The van der Waals surface area contributed by atoms with E-state index < -0.39 is 11.7 Å². The van der Waals surface area contributed by atoms with Crippen molar-refractivity contribution in [1.29, 1.82) is 0 Å². The van der Waals surface area contributed by atoms with Crippen LogP contribution in [0.4, 0.5) is 0 Å². The van der Waals surface area contributed by atoms with Crippen LogP contribution in [-0.2, 0) is 0 Å². The zero-order valence-corrected chi connectivity index (χ0v) is 8.04. The highest BCUT2D eigenvalue weighted by Crippen LogP contribution is 2.66. The van der Waals surface area contributed by atoms with Crippen LogP contribution in [0, 0.1) is 17.3 Å². The van der Waals surface area contributed by atoms with E-state index in [1.165, 1.54) is 0 Å². The molecule has 2 rings (SSSR count). The summed E-state index contributed by atoms with van der Waals surface area (Å²) < 4.78 is 0. The Bertz CT molecular complexity index is 208.